The molecule has 1 atom stereocenters. The third kappa shape index (κ3) is 5.10. The Kier molecular flexibility index (Phi) is 7.23. The first-order chi connectivity index (χ1) is 16.5. The molecule has 0 saturated carbocycles. The number of rotatable bonds is 10. The van der Waals surface area contributed by atoms with Gasteiger partial charge in [-0.25, -0.2) is 0 Å². The Hall–Kier alpha value is -3.71. The highest BCUT2D eigenvalue weighted by molar-refractivity contribution is 7.99. The molecule has 0 fully saturated rings. The topological polar surface area (TPSA) is 91.8 Å². The quantitative estimate of drug-likeness (QED) is 0.259. The molecule has 7 heteroatoms. The van der Waals surface area contributed by atoms with Gasteiger partial charge in [0.1, 0.15) is 0 Å². The molecule has 3 aromatic carbocycles. The van der Waals surface area contributed by atoms with Crippen LogP contribution in [0.4, 0.5) is 0 Å². The van der Waals surface area contributed by atoms with Gasteiger partial charge in [-0.1, -0.05) is 42.5 Å². The summed E-state index contributed by atoms with van der Waals surface area (Å²) in [5, 5.41) is 9.63. The monoisotopic (exact) mass is 473 g/mol. The number of thioether (sulfide) groups is 1. The lowest BCUT2D eigenvalue weighted by atomic mass is 10.0. The largest absolute Gasteiger partial charge is 0.481 e. The van der Waals surface area contributed by atoms with Crippen molar-refractivity contribution in [3.05, 3.63) is 101 Å². The lowest BCUT2D eigenvalue weighted by Crippen LogP contribution is -2.31. The summed E-state index contributed by atoms with van der Waals surface area (Å²) in [6.07, 6.45) is 0.758. The molecule has 2 amide bonds. The number of imide groups is 1. The molecule has 6 nitrogen and oxygen atoms in total. The molecular formula is C27H23NO5S. The molecule has 1 aliphatic heterocycles. The minimum Gasteiger partial charge on any atom is -0.481 e. The number of carbonyl (C=O) groups is 4. The lowest BCUT2D eigenvalue weighted by Gasteiger charge is -2.16. The van der Waals surface area contributed by atoms with Gasteiger partial charge in [-0.3, -0.25) is 24.1 Å². The number of ketones is 1. The molecule has 1 unspecified atom stereocenters. The summed E-state index contributed by atoms with van der Waals surface area (Å²) in [6.45, 7) is 0.192. The zero-order valence-corrected chi connectivity index (χ0v) is 19.2. The minimum atomic E-state index is -0.911. The Morgan fingerprint density at radius 2 is 1.35 bits per heavy atom. The third-order valence-electron chi connectivity index (χ3n) is 5.77. The van der Waals surface area contributed by atoms with Gasteiger partial charge in [0, 0.05) is 28.3 Å². The standard InChI is InChI=1S/C27H23NO5S/c29-24(18-7-2-1-3-8-18)19-12-14-21(15-13-19)34-17-20(27(32)33)9-6-16-28-25(30)22-10-4-5-11-23(22)26(28)31/h1-5,7-8,10-15,20H,6,9,16-17H2,(H,32,33). The Balaban J connectivity index is 1.29. The van der Waals surface area contributed by atoms with Crippen LogP contribution in [0.3, 0.4) is 0 Å². The fraction of sp³-hybridized carbons (Fsp3) is 0.185. The summed E-state index contributed by atoms with van der Waals surface area (Å²) >= 11 is 1.41. The molecule has 4 rings (SSSR count). The maximum Gasteiger partial charge on any atom is 0.307 e. The molecular weight excluding hydrogens is 450 g/mol. The predicted molar refractivity (Wildman–Crippen MR) is 129 cm³/mol. The van der Waals surface area contributed by atoms with Crippen LogP contribution in [-0.2, 0) is 4.79 Å². The van der Waals surface area contributed by atoms with Crippen molar-refractivity contribution < 1.29 is 24.3 Å². The molecule has 0 spiro atoms. The fourth-order valence-electron chi connectivity index (χ4n) is 3.87. The Morgan fingerprint density at radius 1 is 0.794 bits per heavy atom. The highest BCUT2D eigenvalue weighted by Crippen LogP contribution is 2.26. The average molecular weight is 474 g/mol. The zero-order valence-electron chi connectivity index (χ0n) is 18.3. The van der Waals surface area contributed by atoms with Crippen molar-refractivity contribution in [3.8, 4) is 0 Å². The van der Waals surface area contributed by atoms with E-state index in [1.807, 2.05) is 30.3 Å². The number of hydrogen-bond acceptors (Lipinski definition) is 5. The molecule has 34 heavy (non-hydrogen) atoms. The van der Waals surface area contributed by atoms with E-state index in [0.717, 1.165) is 4.90 Å². The van der Waals surface area contributed by atoms with Gasteiger partial charge >= 0.3 is 5.97 Å². The van der Waals surface area contributed by atoms with E-state index in [1.165, 1.54) is 16.7 Å². The number of carboxylic acid groups (broad SMARTS) is 1. The van der Waals surface area contributed by atoms with E-state index in [-0.39, 0.29) is 24.1 Å². The molecule has 172 valence electrons. The first kappa shape index (κ1) is 23.4. The first-order valence-electron chi connectivity index (χ1n) is 11.0. The smallest absolute Gasteiger partial charge is 0.307 e. The third-order valence-corrected chi connectivity index (χ3v) is 6.94. The van der Waals surface area contributed by atoms with E-state index in [9.17, 15) is 24.3 Å². The normalized spacial score (nSPS) is 13.6. The van der Waals surface area contributed by atoms with Gasteiger partial charge in [-0.15, -0.1) is 11.8 Å². The van der Waals surface area contributed by atoms with Gasteiger partial charge in [0.15, 0.2) is 5.78 Å². The Bertz CT molecular complexity index is 1190. The molecule has 0 bridgehead atoms. The second kappa shape index (κ2) is 10.5. The van der Waals surface area contributed by atoms with E-state index in [1.54, 1.807) is 48.5 Å². The van der Waals surface area contributed by atoms with Crippen LogP contribution >= 0.6 is 11.8 Å². The van der Waals surface area contributed by atoms with Crippen LogP contribution in [0.2, 0.25) is 0 Å². The number of nitrogens with zero attached hydrogens (tertiary/aromatic N) is 1. The second-order valence-electron chi connectivity index (χ2n) is 8.02. The van der Waals surface area contributed by atoms with E-state index in [0.29, 0.717) is 40.8 Å². The van der Waals surface area contributed by atoms with Gasteiger partial charge in [0.25, 0.3) is 11.8 Å². The number of amides is 2. The fourth-order valence-corrected chi connectivity index (χ4v) is 4.90. The van der Waals surface area contributed by atoms with Gasteiger partial charge in [0.05, 0.1) is 17.0 Å². The number of fused-ring (bicyclic) bond motifs is 1. The number of hydrogen-bond donors (Lipinski definition) is 1. The van der Waals surface area contributed by atoms with Crippen molar-refractivity contribution >= 4 is 35.3 Å². The van der Waals surface area contributed by atoms with E-state index in [4.69, 9.17) is 0 Å². The van der Waals surface area contributed by atoms with Crippen LogP contribution in [0, 0.1) is 5.92 Å². The van der Waals surface area contributed by atoms with Crippen LogP contribution in [0.1, 0.15) is 49.5 Å². The van der Waals surface area contributed by atoms with Crippen LogP contribution in [0.25, 0.3) is 0 Å². The molecule has 0 radical (unpaired) electrons. The molecule has 1 aliphatic rings. The van der Waals surface area contributed by atoms with Crippen molar-refractivity contribution in [2.45, 2.75) is 17.7 Å². The van der Waals surface area contributed by atoms with Crippen molar-refractivity contribution in [1.82, 2.24) is 4.90 Å². The van der Waals surface area contributed by atoms with Crippen LogP contribution in [0.15, 0.2) is 83.8 Å². The highest BCUT2D eigenvalue weighted by atomic mass is 32.2. The number of benzene rings is 3. The van der Waals surface area contributed by atoms with Crippen LogP contribution < -0.4 is 0 Å². The van der Waals surface area contributed by atoms with Gasteiger partial charge in [-0.05, 0) is 49.2 Å². The average Bonchev–Trinajstić information content (AvgIpc) is 3.11. The number of carboxylic acids is 1. The Morgan fingerprint density at radius 3 is 1.94 bits per heavy atom. The van der Waals surface area contributed by atoms with Crippen LogP contribution in [-0.4, -0.2) is 45.9 Å². The van der Waals surface area contributed by atoms with Gasteiger partial charge in [-0.2, -0.15) is 0 Å². The lowest BCUT2D eigenvalue weighted by molar-refractivity contribution is -0.141. The van der Waals surface area contributed by atoms with Crippen LogP contribution in [0.5, 0.6) is 0 Å². The summed E-state index contributed by atoms with van der Waals surface area (Å²) in [5.74, 6) is -1.90. The second-order valence-corrected chi connectivity index (χ2v) is 9.11. The van der Waals surface area contributed by atoms with Crippen molar-refractivity contribution in [2.24, 2.45) is 5.92 Å². The van der Waals surface area contributed by atoms with E-state index in [2.05, 4.69) is 0 Å². The van der Waals surface area contributed by atoms with Crippen molar-refractivity contribution in [3.63, 3.8) is 0 Å². The summed E-state index contributed by atoms with van der Waals surface area (Å²) in [5.41, 5.74) is 1.98. The van der Waals surface area contributed by atoms with Crippen molar-refractivity contribution in [2.75, 3.05) is 12.3 Å². The highest BCUT2D eigenvalue weighted by Gasteiger charge is 2.34. The molecule has 1 heterocycles. The molecule has 0 saturated heterocycles. The SMILES string of the molecule is O=C(c1ccccc1)c1ccc(SCC(CCCN2C(=O)c3ccccc3C2=O)C(=O)O)cc1. The molecule has 0 aliphatic carbocycles. The molecule has 0 aromatic heterocycles. The number of carbonyl (C=O) groups excluding carboxylic acids is 3. The van der Waals surface area contributed by atoms with Gasteiger partial charge < -0.3 is 5.11 Å². The number of aliphatic carboxylic acids is 1. The maximum atomic E-state index is 12.5. The van der Waals surface area contributed by atoms with E-state index < -0.39 is 11.9 Å². The predicted octanol–water partition coefficient (Wildman–Crippen LogP) is 4.79. The molecule has 3 aromatic rings. The van der Waals surface area contributed by atoms with Crippen molar-refractivity contribution in [1.29, 1.82) is 0 Å². The minimum absolute atomic E-state index is 0.0614. The molecule has 1 N–H and O–H groups in total. The van der Waals surface area contributed by atoms with Gasteiger partial charge in [0.2, 0.25) is 0 Å². The Labute approximate surface area is 201 Å². The summed E-state index contributed by atoms with van der Waals surface area (Å²) in [6, 6.07) is 22.8. The van der Waals surface area contributed by atoms with E-state index >= 15 is 0 Å². The summed E-state index contributed by atoms with van der Waals surface area (Å²) in [7, 11) is 0. The summed E-state index contributed by atoms with van der Waals surface area (Å²) in [4.78, 5) is 51.2. The first-order valence-corrected chi connectivity index (χ1v) is 11.9. The summed E-state index contributed by atoms with van der Waals surface area (Å²) < 4.78 is 0. The zero-order chi connectivity index (χ0) is 24.1. The maximum absolute atomic E-state index is 12.5.